The minimum atomic E-state index is -0.395. The van der Waals surface area contributed by atoms with Gasteiger partial charge in [-0.05, 0) is 18.9 Å². The molecule has 3 rings (SSSR count). The number of anilines is 1. The highest BCUT2D eigenvalue weighted by Gasteiger charge is 2.29. The molecule has 7 heteroatoms. The fraction of sp³-hybridized carbons (Fsp3) is 0.273. The first-order chi connectivity index (χ1) is 8.74. The van der Waals surface area contributed by atoms with Gasteiger partial charge in [-0.15, -0.1) is 5.10 Å². The molecule has 6 nitrogen and oxygen atoms in total. The third kappa shape index (κ3) is 2.19. The monoisotopic (exact) mass is 264 g/mol. The Hall–Kier alpha value is -1.95. The predicted octanol–water partition coefficient (Wildman–Crippen LogP) is 2.25. The Morgan fingerprint density at radius 1 is 1.44 bits per heavy atom. The van der Waals surface area contributed by atoms with E-state index in [0.717, 1.165) is 12.8 Å². The van der Waals surface area contributed by atoms with Gasteiger partial charge in [0.2, 0.25) is 5.89 Å². The summed E-state index contributed by atoms with van der Waals surface area (Å²) in [5.41, 5.74) is 0.317. The summed E-state index contributed by atoms with van der Waals surface area (Å²) < 4.78 is 5.33. The minimum absolute atomic E-state index is 0.0924. The van der Waals surface area contributed by atoms with Crippen molar-refractivity contribution in [3.63, 3.8) is 0 Å². The molecule has 0 spiro atoms. The predicted molar refractivity (Wildman–Crippen MR) is 63.5 cm³/mol. The van der Waals surface area contributed by atoms with Crippen molar-refractivity contribution in [2.75, 3.05) is 5.32 Å². The van der Waals surface area contributed by atoms with Crippen molar-refractivity contribution < 1.29 is 9.21 Å². The van der Waals surface area contributed by atoms with Gasteiger partial charge in [0.05, 0.1) is 10.6 Å². The second kappa shape index (κ2) is 4.38. The van der Waals surface area contributed by atoms with Gasteiger partial charge >= 0.3 is 6.01 Å². The van der Waals surface area contributed by atoms with E-state index in [0.29, 0.717) is 17.4 Å². The number of carbonyl (C=O) groups excluding carboxylic acids is 1. The van der Waals surface area contributed by atoms with Crippen LogP contribution in [-0.4, -0.2) is 21.1 Å². The van der Waals surface area contributed by atoms with Crippen molar-refractivity contribution in [3.8, 4) is 0 Å². The van der Waals surface area contributed by atoms with Crippen LogP contribution in [0.15, 0.2) is 22.9 Å². The van der Waals surface area contributed by atoms with Crippen LogP contribution in [0, 0.1) is 0 Å². The second-order valence-electron chi connectivity index (χ2n) is 4.03. The average Bonchev–Trinajstić information content (AvgIpc) is 3.11. The van der Waals surface area contributed by atoms with Crippen LogP contribution < -0.4 is 5.32 Å². The van der Waals surface area contributed by atoms with Crippen LogP contribution in [0.1, 0.15) is 35.0 Å². The summed E-state index contributed by atoms with van der Waals surface area (Å²) in [5.74, 6) is 0.534. The lowest BCUT2D eigenvalue weighted by atomic mass is 10.2. The van der Waals surface area contributed by atoms with Gasteiger partial charge in [0.1, 0.15) is 0 Å². The molecule has 1 aliphatic carbocycles. The number of rotatable bonds is 3. The second-order valence-corrected chi connectivity index (χ2v) is 4.44. The first kappa shape index (κ1) is 11.2. The fourth-order valence-corrected chi connectivity index (χ4v) is 1.71. The zero-order chi connectivity index (χ0) is 12.5. The van der Waals surface area contributed by atoms with E-state index in [2.05, 4.69) is 20.5 Å². The van der Waals surface area contributed by atoms with E-state index in [1.54, 1.807) is 0 Å². The van der Waals surface area contributed by atoms with Gasteiger partial charge in [0.15, 0.2) is 0 Å². The maximum atomic E-state index is 11.9. The molecule has 92 valence electrons. The summed E-state index contributed by atoms with van der Waals surface area (Å²) in [5, 5.41) is 10.4. The van der Waals surface area contributed by atoms with E-state index >= 15 is 0 Å². The number of hydrogen-bond donors (Lipinski definition) is 1. The van der Waals surface area contributed by atoms with Gasteiger partial charge in [0.25, 0.3) is 5.91 Å². The van der Waals surface area contributed by atoms with Crippen LogP contribution >= 0.6 is 11.6 Å². The normalized spacial score (nSPS) is 14.5. The molecular formula is C11H9ClN4O2. The zero-order valence-electron chi connectivity index (χ0n) is 9.26. The van der Waals surface area contributed by atoms with E-state index < -0.39 is 5.91 Å². The first-order valence-corrected chi connectivity index (χ1v) is 5.86. The summed E-state index contributed by atoms with van der Waals surface area (Å²) in [4.78, 5) is 15.7. The average molecular weight is 265 g/mol. The van der Waals surface area contributed by atoms with Crippen molar-refractivity contribution in [1.29, 1.82) is 0 Å². The van der Waals surface area contributed by atoms with E-state index in [1.807, 2.05) is 0 Å². The maximum Gasteiger partial charge on any atom is 0.322 e. The van der Waals surface area contributed by atoms with Crippen LogP contribution in [0.5, 0.6) is 0 Å². The van der Waals surface area contributed by atoms with Crippen molar-refractivity contribution in [1.82, 2.24) is 15.2 Å². The Morgan fingerprint density at radius 3 is 3.00 bits per heavy atom. The van der Waals surface area contributed by atoms with Crippen LogP contribution in [0.25, 0.3) is 0 Å². The van der Waals surface area contributed by atoms with Gasteiger partial charge < -0.3 is 4.42 Å². The summed E-state index contributed by atoms with van der Waals surface area (Å²) in [6.45, 7) is 0. The van der Waals surface area contributed by atoms with Gasteiger partial charge in [0, 0.05) is 18.3 Å². The van der Waals surface area contributed by atoms with E-state index in [4.69, 9.17) is 16.0 Å². The molecule has 2 heterocycles. The molecule has 2 aromatic rings. The SMILES string of the molecule is O=C(Nc1nnc(C2CC2)o1)c1ccncc1Cl. The van der Waals surface area contributed by atoms with Crippen LogP contribution in [-0.2, 0) is 0 Å². The highest BCUT2D eigenvalue weighted by atomic mass is 35.5. The molecule has 0 aromatic carbocycles. The number of nitrogens with zero attached hydrogens (tertiary/aromatic N) is 3. The van der Waals surface area contributed by atoms with Gasteiger partial charge in [-0.1, -0.05) is 16.7 Å². The third-order valence-corrected chi connectivity index (χ3v) is 2.91. The van der Waals surface area contributed by atoms with Crippen molar-refractivity contribution in [2.45, 2.75) is 18.8 Å². The summed E-state index contributed by atoms with van der Waals surface area (Å²) in [7, 11) is 0. The molecule has 18 heavy (non-hydrogen) atoms. The zero-order valence-corrected chi connectivity index (χ0v) is 10.0. The third-order valence-electron chi connectivity index (χ3n) is 2.60. The van der Waals surface area contributed by atoms with E-state index in [1.165, 1.54) is 18.5 Å². The van der Waals surface area contributed by atoms with Crippen LogP contribution in [0.4, 0.5) is 6.01 Å². The Morgan fingerprint density at radius 2 is 2.28 bits per heavy atom. The highest BCUT2D eigenvalue weighted by molar-refractivity contribution is 6.34. The number of aromatic nitrogens is 3. The van der Waals surface area contributed by atoms with Gasteiger partial charge in [-0.25, -0.2) is 0 Å². The topological polar surface area (TPSA) is 80.9 Å². The smallest absolute Gasteiger partial charge is 0.322 e. The highest BCUT2D eigenvalue weighted by Crippen LogP contribution is 2.39. The summed E-state index contributed by atoms with van der Waals surface area (Å²) in [6.07, 6.45) is 5.02. The van der Waals surface area contributed by atoms with Crippen molar-refractivity contribution in [3.05, 3.63) is 34.9 Å². The molecule has 0 bridgehead atoms. The lowest BCUT2D eigenvalue weighted by Gasteiger charge is -2.01. The van der Waals surface area contributed by atoms with Crippen molar-refractivity contribution in [2.24, 2.45) is 0 Å². The molecule has 1 N–H and O–H groups in total. The molecule has 1 amide bonds. The molecule has 1 aliphatic rings. The number of hydrogen-bond acceptors (Lipinski definition) is 5. The molecule has 0 aliphatic heterocycles. The fourth-order valence-electron chi connectivity index (χ4n) is 1.50. The molecule has 0 radical (unpaired) electrons. The molecule has 1 saturated carbocycles. The standard InChI is InChI=1S/C11H9ClN4O2/c12-8-5-13-4-3-7(8)9(17)14-11-16-15-10(18-11)6-1-2-6/h3-6H,1-2H2,(H,14,16,17). The maximum absolute atomic E-state index is 11.9. The van der Waals surface area contributed by atoms with E-state index in [-0.39, 0.29) is 11.0 Å². The Balaban J connectivity index is 1.75. The summed E-state index contributed by atoms with van der Waals surface area (Å²) >= 11 is 5.86. The van der Waals surface area contributed by atoms with Gasteiger partial charge in [-0.2, -0.15) is 0 Å². The number of amides is 1. The number of nitrogens with one attached hydrogen (secondary N) is 1. The van der Waals surface area contributed by atoms with E-state index in [9.17, 15) is 4.79 Å². The first-order valence-electron chi connectivity index (χ1n) is 5.48. The lowest BCUT2D eigenvalue weighted by Crippen LogP contribution is -2.12. The number of carbonyl (C=O) groups is 1. The number of halogens is 1. The number of pyridine rings is 1. The molecule has 1 fully saturated rings. The molecule has 0 unspecified atom stereocenters. The molecule has 0 saturated heterocycles. The van der Waals surface area contributed by atoms with Crippen molar-refractivity contribution >= 4 is 23.5 Å². The largest absolute Gasteiger partial charge is 0.408 e. The minimum Gasteiger partial charge on any atom is -0.408 e. The molecular weight excluding hydrogens is 256 g/mol. The van der Waals surface area contributed by atoms with Crippen LogP contribution in [0.2, 0.25) is 5.02 Å². The molecule has 0 atom stereocenters. The quantitative estimate of drug-likeness (QED) is 0.919. The van der Waals surface area contributed by atoms with Gasteiger partial charge in [-0.3, -0.25) is 15.1 Å². The Kier molecular flexibility index (Phi) is 2.71. The Labute approximate surface area is 107 Å². The van der Waals surface area contributed by atoms with Crippen LogP contribution in [0.3, 0.4) is 0 Å². The Bertz CT molecular complexity index is 594. The summed E-state index contributed by atoms with van der Waals surface area (Å²) in [6, 6.07) is 1.62. The molecule has 2 aromatic heterocycles. The lowest BCUT2D eigenvalue weighted by molar-refractivity contribution is 0.102.